The van der Waals surface area contributed by atoms with Crippen molar-refractivity contribution in [2.45, 2.75) is 68.9 Å². The van der Waals surface area contributed by atoms with Crippen LogP contribution in [0.4, 0.5) is 0 Å². The Morgan fingerprint density at radius 2 is 1.64 bits per heavy atom. The SMILES string of the molecule is OC1CCC(C(=S)N2CCN(C3CCCC(Cl)C3)CC2)CC1. The van der Waals surface area contributed by atoms with Crippen LogP contribution in [0.1, 0.15) is 51.4 Å². The molecule has 0 bridgehead atoms. The molecule has 3 aliphatic rings. The summed E-state index contributed by atoms with van der Waals surface area (Å²) in [6.07, 6.45) is 8.82. The van der Waals surface area contributed by atoms with Crippen molar-refractivity contribution in [1.82, 2.24) is 9.80 Å². The van der Waals surface area contributed by atoms with Crippen LogP contribution < -0.4 is 0 Å². The first-order valence-electron chi connectivity index (χ1n) is 8.98. The third-order valence-electron chi connectivity index (χ3n) is 5.77. The molecule has 2 atom stereocenters. The Morgan fingerprint density at radius 1 is 0.955 bits per heavy atom. The third kappa shape index (κ3) is 4.14. The molecule has 2 unspecified atom stereocenters. The molecule has 0 aromatic heterocycles. The summed E-state index contributed by atoms with van der Waals surface area (Å²) >= 11 is 12.1. The van der Waals surface area contributed by atoms with E-state index in [-0.39, 0.29) is 6.10 Å². The Kier molecular flexibility index (Phi) is 5.99. The zero-order valence-electron chi connectivity index (χ0n) is 13.4. The molecule has 3 nitrogen and oxygen atoms in total. The fraction of sp³-hybridized carbons (Fsp3) is 0.941. The van der Waals surface area contributed by atoms with E-state index < -0.39 is 0 Å². The highest BCUT2D eigenvalue weighted by Crippen LogP contribution is 2.29. The minimum absolute atomic E-state index is 0.0919. The highest BCUT2D eigenvalue weighted by Gasteiger charge is 2.31. The van der Waals surface area contributed by atoms with E-state index in [0.29, 0.717) is 17.3 Å². The maximum atomic E-state index is 9.65. The van der Waals surface area contributed by atoms with Gasteiger partial charge in [-0.3, -0.25) is 4.90 Å². The second kappa shape index (κ2) is 7.78. The van der Waals surface area contributed by atoms with Crippen LogP contribution in [0, 0.1) is 5.92 Å². The molecule has 1 N–H and O–H groups in total. The smallest absolute Gasteiger partial charge is 0.0811 e. The lowest BCUT2D eigenvalue weighted by Gasteiger charge is -2.43. The van der Waals surface area contributed by atoms with Gasteiger partial charge in [-0.2, -0.15) is 0 Å². The molecule has 1 heterocycles. The molecule has 22 heavy (non-hydrogen) atoms. The lowest BCUT2D eigenvalue weighted by molar-refractivity contribution is 0.100. The predicted molar refractivity (Wildman–Crippen MR) is 95.6 cm³/mol. The molecular weight excluding hydrogens is 316 g/mol. The molecule has 0 spiro atoms. The van der Waals surface area contributed by atoms with Gasteiger partial charge in [-0.15, -0.1) is 11.6 Å². The Labute approximate surface area is 145 Å². The maximum absolute atomic E-state index is 9.65. The van der Waals surface area contributed by atoms with Crippen molar-refractivity contribution in [3.63, 3.8) is 0 Å². The number of halogens is 1. The minimum Gasteiger partial charge on any atom is -0.393 e. The van der Waals surface area contributed by atoms with Gasteiger partial charge in [0.2, 0.25) is 0 Å². The van der Waals surface area contributed by atoms with E-state index >= 15 is 0 Å². The van der Waals surface area contributed by atoms with Gasteiger partial charge in [-0.05, 0) is 44.9 Å². The molecule has 3 rings (SSSR count). The van der Waals surface area contributed by atoms with Gasteiger partial charge < -0.3 is 10.0 Å². The van der Waals surface area contributed by atoms with Gasteiger partial charge in [-0.25, -0.2) is 0 Å². The van der Waals surface area contributed by atoms with Crippen LogP contribution in [0.25, 0.3) is 0 Å². The van der Waals surface area contributed by atoms with E-state index in [4.69, 9.17) is 23.8 Å². The van der Waals surface area contributed by atoms with Crippen molar-refractivity contribution in [3.8, 4) is 0 Å². The molecule has 5 heteroatoms. The number of rotatable bonds is 2. The van der Waals surface area contributed by atoms with E-state index in [0.717, 1.165) is 63.3 Å². The second-order valence-electron chi connectivity index (χ2n) is 7.28. The van der Waals surface area contributed by atoms with E-state index in [1.54, 1.807) is 0 Å². The average molecular weight is 345 g/mol. The summed E-state index contributed by atoms with van der Waals surface area (Å²) in [4.78, 5) is 6.22. The largest absolute Gasteiger partial charge is 0.393 e. The predicted octanol–water partition coefficient (Wildman–Crippen LogP) is 3.03. The topological polar surface area (TPSA) is 26.7 Å². The van der Waals surface area contributed by atoms with Crippen molar-refractivity contribution < 1.29 is 5.11 Å². The molecule has 0 radical (unpaired) electrons. The van der Waals surface area contributed by atoms with Crippen LogP contribution >= 0.6 is 23.8 Å². The Balaban J connectivity index is 1.46. The summed E-state index contributed by atoms with van der Waals surface area (Å²) in [5.74, 6) is 0.520. The molecule has 0 aromatic carbocycles. The molecule has 2 aliphatic carbocycles. The zero-order valence-corrected chi connectivity index (χ0v) is 15.0. The lowest BCUT2D eigenvalue weighted by atomic mass is 9.87. The Bertz CT molecular complexity index is 379. The Hall–Kier alpha value is 0.1000. The van der Waals surface area contributed by atoms with Crippen molar-refractivity contribution in [1.29, 1.82) is 0 Å². The number of hydrogen-bond acceptors (Lipinski definition) is 3. The fourth-order valence-electron chi connectivity index (χ4n) is 4.33. The maximum Gasteiger partial charge on any atom is 0.0811 e. The summed E-state index contributed by atoms with van der Waals surface area (Å²) in [6.45, 7) is 4.40. The van der Waals surface area contributed by atoms with E-state index in [2.05, 4.69) is 9.80 Å². The highest BCUT2D eigenvalue weighted by molar-refractivity contribution is 7.80. The van der Waals surface area contributed by atoms with Crippen LogP contribution in [0.15, 0.2) is 0 Å². The molecule has 2 saturated carbocycles. The van der Waals surface area contributed by atoms with Crippen molar-refractivity contribution in [2.75, 3.05) is 26.2 Å². The van der Waals surface area contributed by atoms with Gasteiger partial charge in [0.1, 0.15) is 0 Å². The number of aliphatic hydroxyl groups excluding tert-OH is 1. The number of alkyl halides is 1. The first-order chi connectivity index (χ1) is 10.6. The fourth-order valence-corrected chi connectivity index (χ4v) is 5.10. The first kappa shape index (κ1) is 16.9. The number of nitrogens with zero attached hydrogens (tertiary/aromatic N) is 2. The molecule has 0 amide bonds. The van der Waals surface area contributed by atoms with Gasteiger partial charge in [0.15, 0.2) is 0 Å². The lowest BCUT2D eigenvalue weighted by Crippen LogP contribution is -2.53. The molecule has 3 fully saturated rings. The summed E-state index contributed by atoms with van der Waals surface area (Å²) < 4.78 is 0. The standard InChI is InChI=1S/C17H29ClN2OS/c18-14-2-1-3-15(12-14)19-8-10-20(11-9-19)17(22)13-4-6-16(21)7-5-13/h13-16,21H,1-12H2. The van der Waals surface area contributed by atoms with E-state index in [1.807, 2.05) is 0 Å². The van der Waals surface area contributed by atoms with Gasteiger partial charge >= 0.3 is 0 Å². The quantitative estimate of drug-likeness (QED) is 0.615. The minimum atomic E-state index is -0.0919. The number of hydrogen-bond donors (Lipinski definition) is 1. The van der Waals surface area contributed by atoms with Crippen molar-refractivity contribution >= 4 is 28.8 Å². The van der Waals surface area contributed by atoms with Gasteiger partial charge in [0, 0.05) is 43.5 Å². The van der Waals surface area contributed by atoms with Crippen LogP contribution in [0.2, 0.25) is 0 Å². The van der Waals surface area contributed by atoms with Gasteiger partial charge in [-0.1, -0.05) is 18.6 Å². The third-order valence-corrected chi connectivity index (χ3v) is 6.76. The van der Waals surface area contributed by atoms with Crippen LogP contribution in [0.3, 0.4) is 0 Å². The van der Waals surface area contributed by atoms with Gasteiger partial charge in [0.25, 0.3) is 0 Å². The molecule has 1 aliphatic heterocycles. The number of aliphatic hydroxyl groups is 1. The molecule has 126 valence electrons. The van der Waals surface area contributed by atoms with Gasteiger partial charge in [0.05, 0.1) is 11.1 Å². The summed E-state index contributed by atoms with van der Waals surface area (Å²) in [7, 11) is 0. The number of thiocarbonyl (C=S) groups is 1. The number of piperazine rings is 1. The van der Waals surface area contributed by atoms with Crippen LogP contribution in [-0.2, 0) is 0 Å². The molecule has 0 aromatic rings. The molecule has 1 saturated heterocycles. The normalized spacial score (nSPS) is 38.0. The monoisotopic (exact) mass is 344 g/mol. The first-order valence-corrected chi connectivity index (χ1v) is 9.83. The summed E-state index contributed by atoms with van der Waals surface area (Å²) in [5.41, 5.74) is 0. The zero-order chi connectivity index (χ0) is 15.5. The summed E-state index contributed by atoms with van der Waals surface area (Å²) in [6, 6.07) is 0.691. The summed E-state index contributed by atoms with van der Waals surface area (Å²) in [5, 5.41) is 10.0. The highest BCUT2D eigenvalue weighted by atomic mass is 35.5. The molecular formula is C17H29ClN2OS. The van der Waals surface area contributed by atoms with E-state index in [9.17, 15) is 5.11 Å². The van der Waals surface area contributed by atoms with Crippen molar-refractivity contribution in [2.24, 2.45) is 5.92 Å². The van der Waals surface area contributed by atoms with Crippen molar-refractivity contribution in [3.05, 3.63) is 0 Å². The van der Waals surface area contributed by atoms with Crippen LogP contribution in [0.5, 0.6) is 0 Å². The second-order valence-corrected chi connectivity index (χ2v) is 8.32. The van der Waals surface area contributed by atoms with Crippen LogP contribution in [-0.4, -0.2) is 63.6 Å². The van der Waals surface area contributed by atoms with E-state index in [1.165, 1.54) is 19.3 Å². The Morgan fingerprint density at radius 3 is 2.27 bits per heavy atom. The average Bonchev–Trinajstić information content (AvgIpc) is 2.55.